The van der Waals surface area contributed by atoms with Crippen LogP contribution in [0.3, 0.4) is 0 Å². The number of halogens is 1. The largest absolute Gasteiger partial charge is 0.506 e. The van der Waals surface area contributed by atoms with Gasteiger partial charge in [-0.1, -0.05) is 11.6 Å². The Hall–Kier alpha value is -0.890. The van der Waals surface area contributed by atoms with E-state index in [9.17, 15) is 5.11 Å². The summed E-state index contributed by atoms with van der Waals surface area (Å²) in [6.45, 7) is 5.82. The van der Waals surface area contributed by atoms with Crippen molar-refractivity contribution in [3.05, 3.63) is 23.2 Å². The molecule has 1 aromatic carbocycles. The SMILES string of the molecule is CCN(CC)c1cc(Cl)ccc1O. The third-order valence-corrected chi connectivity index (χ3v) is 2.28. The molecule has 0 aliphatic rings. The Bertz CT molecular complexity index is 284. The van der Waals surface area contributed by atoms with Crippen LogP contribution in [-0.2, 0) is 0 Å². The van der Waals surface area contributed by atoms with Gasteiger partial charge in [0.25, 0.3) is 0 Å². The summed E-state index contributed by atoms with van der Waals surface area (Å²) in [5.41, 5.74) is 0.803. The number of rotatable bonds is 3. The summed E-state index contributed by atoms with van der Waals surface area (Å²) < 4.78 is 0. The lowest BCUT2D eigenvalue weighted by Gasteiger charge is -2.21. The van der Waals surface area contributed by atoms with E-state index < -0.39 is 0 Å². The van der Waals surface area contributed by atoms with E-state index in [1.807, 2.05) is 13.8 Å². The maximum Gasteiger partial charge on any atom is 0.138 e. The second-order valence-corrected chi connectivity index (χ2v) is 3.24. The van der Waals surface area contributed by atoms with Crippen molar-refractivity contribution >= 4 is 17.3 Å². The van der Waals surface area contributed by atoms with Gasteiger partial charge in [-0.25, -0.2) is 0 Å². The molecule has 0 aromatic heterocycles. The lowest BCUT2D eigenvalue weighted by molar-refractivity contribution is 0.474. The molecule has 13 heavy (non-hydrogen) atoms. The molecule has 0 unspecified atom stereocenters. The second kappa shape index (κ2) is 4.38. The molecular formula is C10H14ClNO. The fraction of sp³-hybridized carbons (Fsp3) is 0.400. The van der Waals surface area contributed by atoms with E-state index in [-0.39, 0.29) is 5.75 Å². The van der Waals surface area contributed by atoms with Crippen molar-refractivity contribution in [1.29, 1.82) is 0 Å². The number of anilines is 1. The van der Waals surface area contributed by atoms with Crippen LogP contribution in [0.15, 0.2) is 18.2 Å². The predicted molar refractivity (Wildman–Crippen MR) is 56.7 cm³/mol. The molecule has 0 aliphatic carbocycles. The summed E-state index contributed by atoms with van der Waals surface area (Å²) in [5, 5.41) is 10.2. The Labute approximate surface area is 83.7 Å². The maximum absolute atomic E-state index is 9.57. The number of aromatic hydroxyl groups is 1. The van der Waals surface area contributed by atoms with Crippen LogP contribution < -0.4 is 4.90 Å². The second-order valence-electron chi connectivity index (χ2n) is 2.81. The van der Waals surface area contributed by atoms with Gasteiger partial charge in [-0.3, -0.25) is 0 Å². The van der Waals surface area contributed by atoms with Crippen molar-refractivity contribution < 1.29 is 5.11 Å². The molecule has 0 atom stereocenters. The monoisotopic (exact) mass is 199 g/mol. The summed E-state index contributed by atoms with van der Waals surface area (Å²) in [6, 6.07) is 5.09. The molecular weight excluding hydrogens is 186 g/mol. The Kier molecular flexibility index (Phi) is 3.43. The van der Waals surface area contributed by atoms with Gasteiger partial charge in [-0.15, -0.1) is 0 Å². The van der Waals surface area contributed by atoms with Crippen LogP contribution in [-0.4, -0.2) is 18.2 Å². The lowest BCUT2D eigenvalue weighted by Crippen LogP contribution is -2.21. The molecule has 1 aromatic rings. The molecule has 0 saturated heterocycles. The molecule has 72 valence electrons. The van der Waals surface area contributed by atoms with Crippen molar-refractivity contribution in [2.24, 2.45) is 0 Å². The predicted octanol–water partition coefficient (Wildman–Crippen LogP) is 2.89. The first-order valence-corrected chi connectivity index (χ1v) is 4.80. The lowest BCUT2D eigenvalue weighted by atomic mass is 10.2. The first-order chi connectivity index (χ1) is 6.19. The topological polar surface area (TPSA) is 23.5 Å². The van der Waals surface area contributed by atoms with Gasteiger partial charge in [-0.2, -0.15) is 0 Å². The highest BCUT2D eigenvalue weighted by Crippen LogP contribution is 2.29. The van der Waals surface area contributed by atoms with Gasteiger partial charge >= 0.3 is 0 Å². The van der Waals surface area contributed by atoms with Crippen LogP contribution in [0, 0.1) is 0 Å². The fourth-order valence-corrected chi connectivity index (χ4v) is 1.48. The normalized spacial score (nSPS) is 10.1. The number of hydrogen-bond donors (Lipinski definition) is 1. The third-order valence-electron chi connectivity index (χ3n) is 2.04. The standard InChI is InChI=1S/C10H14ClNO/c1-3-12(4-2)9-7-8(11)5-6-10(9)13/h5-7,13H,3-4H2,1-2H3. The van der Waals surface area contributed by atoms with E-state index in [0.717, 1.165) is 18.8 Å². The van der Waals surface area contributed by atoms with Crippen molar-refractivity contribution in [3.8, 4) is 5.75 Å². The summed E-state index contributed by atoms with van der Waals surface area (Å²) in [7, 11) is 0. The highest BCUT2D eigenvalue weighted by Gasteiger charge is 2.07. The zero-order valence-electron chi connectivity index (χ0n) is 7.92. The third kappa shape index (κ3) is 2.28. The zero-order chi connectivity index (χ0) is 9.84. The van der Waals surface area contributed by atoms with Crippen molar-refractivity contribution in [3.63, 3.8) is 0 Å². The number of nitrogens with zero attached hydrogens (tertiary/aromatic N) is 1. The Balaban J connectivity index is 3.03. The summed E-state index contributed by atoms with van der Waals surface area (Å²) in [4.78, 5) is 2.06. The van der Waals surface area contributed by atoms with E-state index in [0.29, 0.717) is 5.02 Å². The van der Waals surface area contributed by atoms with Crippen molar-refractivity contribution in [1.82, 2.24) is 0 Å². The molecule has 1 rings (SSSR count). The van der Waals surface area contributed by atoms with Crippen LogP contribution in [0.5, 0.6) is 5.75 Å². The number of benzene rings is 1. The highest BCUT2D eigenvalue weighted by atomic mass is 35.5. The van der Waals surface area contributed by atoms with Crippen LogP contribution in [0.1, 0.15) is 13.8 Å². The average molecular weight is 200 g/mol. The summed E-state index contributed by atoms with van der Waals surface area (Å²) >= 11 is 5.84. The Morgan fingerprint density at radius 1 is 1.31 bits per heavy atom. The molecule has 0 heterocycles. The fourth-order valence-electron chi connectivity index (χ4n) is 1.31. The maximum atomic E-state index is 9.57. The van der Waals surface area contributed by atoms with Crippen molar-refractivity contribution in [2.75, 3.05) is 18.0 Å². The van der Waals surface area contributed by atoms with E-state index in [1.165, 1.54) is 0 Å². The quantitative estimate of drug-likeness (QED) is 0.809. The number of phenolic OH excluding ortho intramolecular Hbond substituents is 1. The van der Waals surface area contributed by atoms with Crippen LogP contribution in [0.4, 0.5) is 5.69 Å². The van der Waals surface area contributed by atoms with E-state index >= 15 is 0 Å². The zero-order valence-corrected chi connectivity index (χ0v) is 8.67. The molecule has 0 radical (unpaired) electrons. The van der Waals surface area contributed by atoms with Crippen LogP contribution in [0.2, 0.25) is 5.02 Å². The summed E-state index contributed by atoms with van der Waals surface area (Å²) in [6.07, 6.45) is 0. The van der Waals surface area contributed by atoms with E-state index in [2.05, 4.69) is 4.90 Å². The molecule has 0 aliphatic heterocycles. The first-order valence-electron chi connectivity index (χ1n) is 4.42. The Morgan fingerprint density at radius 2 is 1.92 bits per heavy atom. The molecule has 0 fully saturated rings. The molecule has 1 N–H and O–H groups in total. The van der Waals surface area contributed by atoms with Gasteiger partial charge in [0, 0.05) is 18.1 Å². The first kappa shape index (κ1) is 10.2. The minimum absolute atomic E-state index is 0.285. The molecule has 0 saturated carbocycles. The van der Waals surface area contributed by atoms with Gasteiger partial charge in [0.15, 0.2) is 0 Å². The summed E-state index contributed by atoms with van der Waals surface area (Å²) in [5.74, 6) is 0.285. The van der Waals surface area contributed by atoms with Gasteiger partial charge in [0.05, 0.1) is 5.69 Å². The smallest absolute Gasteiger partial charge is 0.138 e. The van der Waals surface area contributed by atoms with Gasteiger partial charge in [0.1, 0.15) is 5.75 Å². The number of hydrogen-bond acceptors (Lipinski definition) is 2. The molecule has 3 heteroatoms. The minimum Gasteiger partial charge on any atom is -0.506 e. The van der Waals surface area contributed by atoms with E-state index in [1.54, 1.807) is 18.2 Å². The van der Waals surface area contributed by atoms with E-state index in [4.69, 9.17) is 11.6 Å². The molecule has 0 amide bonds. The van der Waals surface area contributed by atoms with Crippen molar-refractivity contribution in [2.45, 2.75) is 13.8 Å². The van der Waals surface area contributed by atoms with Gasteiger partial charge in [-0.05, 0) is 32.0 Å². The average Bonchev–Trinajstić information content (AvgIpc) is 2.13. The molecule has 0 spiro atoms. The van der Waals surface area contributed by atoms with Gasteiger partial charge in [0.2, 0.25) is 0 Å². The molecule has 2 nitrogen and oxygen atoms in total. The minimum atomic E-state index is 0.285. The van der Waals surface area contributed by atoms with Crippen LogP contribution >= 0.6 is 11.6 Å². The molecule has 0 bridgehead atoms. The number of phenols is 1. The van der Waals surface area contributed by atoms with Crippen LogP contribution in [0.25, 0.3) is 0 Å². The van der Waals surface area contributed by atoms with Gasteiger partial charge < -0.3 is 10.0 Å². The highest BCUT2D eigenvalue weighted by molar-refractivity contribution is 6.30. The Morgan fingerprint density at radius 3 is 2.46 bits per heavy atom.